The Morgan fingerprint density at radius 2 is 1.70 bits per heavy atom. The van der Waals surface area contributed by atoms with Crippen molar-refractivity contribution in [2.24, 2.45) is 5.92 Å². The van der Waals surface area contributed by atoms with Crippen LogP contribution >= 0.6 is 0 Å². The molecule has 1 aromatic rings. The summed E-state index contributed by atoms with van der Waals surface area (Å²) >= 11 is 0. The fraction of sp³-hybridized carbons (Fsp3) is 0.667. The molecule has 1 rings (SSSR count). The van der Waals surface area contributed by atoms with Crippen molar-refractivity contribution >= 4 is 0 Å². The van der Waals surface area contributed by atoms with Crippen LogP contribution in [0.25, 0.3) is 0 Å². The molecule has 2 heteroatoms. The Bertz CT molecular complexity index is 409. The normalized spacial score (nSPS) is 13.3. The molecule has 2 nitrogen and oxygen atoms in total. The van der Waals surface area contributed by atoms with Crippen LogP contribution in [0.5, 0.6) is 5.75 Å². The quantitative estimate of drug-likeness (QED) is 0.819. The second kappa shape index (κ2) is 7.12. The Kier molecular flexibility index (Phi) is 6.07. The molecule has 0 amide bonds. The zero-order valence-corrected chi connectivity index (χ0v) is 14.3. The lowest BCUT2D eigenvalue weighted by molar-refractivity contribution is 0.253. The maximum Gasteiger partial charge on any atom is 0.125 e. The molecule has 0 heterocycles. The molecule has 1 N–H and O–H groups in total. The van der Waals surface area contributed by atoms with Crippen LogP contribution in [0, 0.1) is 19.8 Å². The Labute approximate surface area is 124 Å². The number of benzene rings is 1. The number of ether oxygens (including phenoxy) is 1. The van der Waals surface area contributed by atoms with E-state index in [9.17, 15) is 0 Å². The van der Waals surface area contributed by atoms with Crippen LogP contribution in [0.2, 0.25) is 0 Å². The topological polar surface area (TPSA) is 21.3 Å². The summed E-state index contributed by atoms with van der Waals surface area (Å²) in [4.78, 5) is 0. The van der Waals surface area contributed by atoms with Gasteiger partial charge in [0.15, 0.2) is 0 Å². The van der Waals surface area contributed by atoms with Crippen molar-refractivity contribution in [2.45, 2.75) is 67.0 Å². The van der Waals surface area contributed by atoms with E-state index in [-0.39, 0.29) is 5.54 Å². The molecule has 1 unspecified atom stereocenters. The van der Waals surface area contributed by atoms with Crippen molar-refractivity contribution in [2.75, 3.05) is 6.61 Å². The monoisotopic (exact) mass is 277 g/mol. The smallest absolute Gasteiger partial charge is 0.125 e. The Balaban J connectivity index is 2.76. The van der Waals surface area contributed by atoms with Gasteiger partial charge in [0.05, 0.1) is 6.61 Å². The molecule has 0 bridgehead atoms. The van der Waals surface area contributed by atoms with Crippen LogP contribution in [-0.2, 0) is 6.54 Å². The SMILES string of the molecule is CCC(C)COc1c(C)cc(CNC(C)(C)C)cc1C. The first-order valence-electron chi connectivity index (χ1n) is 7.71. The molecule has 0 spiro atoms. The number of rotatable bonds is 6. The van der Waals surface area contributed by atoms with E-state index >= 15 is 0 Å². The minimum Gasteiger partial charge on any atom is -0.493 e. The average Bonchev–Trinajstić information content (AvgIpc) is 2.34. The highest BCUT2D eigenvalue weighted by molar-refractivity contribution is 5.43. The number of nitrogens with one attached hydrogen (secondary N) is 1. The predicted octanol–water partition coefficient (Wildman–Crippen LogP) is 4.62. The lowest BCUT2D eigenvalue weighted by Crippen LogP contribution is -2.35. The number of hydrogen-bond acceptors (Lipinski definition) is 2. The molecular weight excluding hydrogens is 246 g/mol. The van der Waals surface area contributed by atoms with E-state index in [2.05, 4.69) is 65.9 Å². The third kappa shape index (κ3) is 5.54. The second-order valence-electron chi connectivity index (χ2n) is 6.99. The molecule has 0 aliphatic rings. The maximum atomic E-state index is 6.00. The fourth-order valence-electron chi connectivity index (χ4n) is 2.08. The average molecular weight is 277 g/mol. The molecule has 0 aliphatic heterocycles. The van der Waals surface area contributed by atoms with Crippen molar-refractivity contribution in [3.05, 3.63) is 28.8 Å². The van der Waals surface area contributed by atoms with Gasteiger partial charge < -0.3 is 10.1 Å². The largest absolute Gasteiger partial charge is 0.493 e. The zero-order chi connectivity index (χ0) is 15.3. The summed E-state index contributed by atoms with van der Waals surface area (Å²) in [6, 6.07) is 4.47. The molecule has 0 fully saturated rings. The van der Waals surface area contributed by atoms with Crippen molar-refractivity contribution in [3.63, 3.8) is 0 Å². The van der Waals surface area contributed by atoms with Crippen molar-refractivity contribution in [1.29, 1.82) is 0 Å². The van der Waals surface area contributed by atoms with Gasteiger partial charge >= 0.3 is 0 Å². The molecule has 0 saturated carbocycles. The maximum absolute atomic E-state index is 6.00. The van der Waals surface area contributed by atoms with Crippen molar-refractivity contribution in [3.8, 4) is 5.75 Å². The molecule has 0 aromatic heterocycles. The first-order valence-corrected chi connectivity index (χ1v) is 7.71. The Morgan fingerprint density at radius 3 is 2.15 bits per heavy atom. The molecule has 114 valence electrons. The number of hydrogen-bond donors (Lipinski definition) is 1. The molecule has 0 saturated heterocycles. The van der Waals surface area contributed by atoms with E-state index < -0.39 is 0 Å². The number of aryl methyl sites for hydroxylation is 2. The van der Waals surface area contributed by atoms with Crippen LogP contribution in [-0.4, -0.2) is 12.1 Å². The van der Waals surface area contributed by atoms with Gasteiger partial charge in [0.25, 0.3) is 0 Å². The van der Waals surface area contributed by atoms with E-state index in [4.69, 9.17) is 4.74 Å². The van der Waals surface area contributed by atoms with Gasteiger partial charge in [-0.1, -0.05) is 32.4 Å². The van der Waals surface area contributed by atoms with Gasteiger partial charge in [-0.2, -0.15) is 0 Å². The first kappa shape index (κ1) is 17.0. The van der Waals surface area contributed by atoms with E-state index in [1.165, 1.54) is 16.7 Å². The lowest BCUT2D eigenvalue weighted by atomic mass is 10.0. The van der Waals surface area contributed by atoms with Gasteiger partial charge in [0.1, 0.15) is 5.75 Å². The first-order chi connectivity index (χ1) is 9.23. The standard InChI is InChI=1S/C18H31NO/c1-8-13(2)12-20-17-14(3)9-16(10-15(17)4)11-19-18(5,6)7/h9-10,13,19H,8,11-12H2,1-7H3. The van der Waals surface area contributed by atoms with Gasteiger partial charge in [-0.3, -0.25) is 0 Å². The van der Waals surface area contributed by atoms with Gasteiger partial charge in [-0.15, -0.1) is 0 Å². The second-order valence-corrected chi connectivity index (χ2v) is 6.99. The van der Waals surface area contributed by atoms with E-state index in [0.29, 0.717) is 5.92 Å². The summed E-state index contributed by atoms with van der Waals surface area (Å²) in [5.74, 6) is 1.67. The summed E-state index contributed by atoms with van der Waals surface area (Å²) in [7, 11) is 0. The van der Waals surface area contributed by atoms with Gasteiger partial charge in [-0.05, 0) is 57.2 Å². The summed E-state index contributed by atoms with van der Waals surface area (Å²) in [5, 5.41) is 3.53. The molecule has 0 radical (unpaired) electrons. The Morgan fingerprint density at radius 1 is 1.15 bits per heavy atom. The van der Waals surface area contributed by atoms with E-state index in [0.717, 1.165) is 25.3 Å². The molecule has 20 heavy (non-hydrogen) atoms. The highest BCUT2D eigenvalue weighted by Crippen LogP contribution is 2.25. The molecule has 1 aromatic carbocycles. The summed E-state index contributed by atoms with van der Waals surface area (Å²) in [6.45, 7) is 17.0. The van der Waals surface area contributed by atoms with Crippen molar-refractivity contribution < 1.29 is 4.74 Å². The minimum atomic E-state index is 0.146. The van der Waals surface area contributed by atoms with Crippen LogP contribution < -0.4 is 10.1 Å². The summed E-state index contributed by atoms with van der Waals surface area (Å²) in [6.07, 6.45) is 1.16. The lowest BCUT2D eigenvalue weighted by Gasteiger charge is -2.22. The third-order valence-electron chi connectivity index (χ3n) is 3.55. The zero-order valence-electron chi connectivity index (χ0n) is 14.3. The summed E-state index contributed by atoms with van der Waals surface area (Å²) < 4.78 is 6.00. The van der Waals surface area contributed by atoms with Gasteiger partial charge in [0, 0.05) is 12.1 Å². The highest BCUT2D eigenvalue weighted by Gasteiger charge is 2.11. The summed E-state index contributed by atoms with van der Waals surface area (Å²) in [5.41, 5.74) is 3.94. The van der Waals surface area contributed by atoms with Crippen LogP contribution in [0.3, 0.4) is 0 Å². The van der Waals surface area contributed by atoms with Crippen molar-refractivity contribution in [1.82, 2.24) is 5.32 Å². The van der Waals surface area contributed by atoms with Crippen LogP contribution in [0.4, 0.5) is 0 Å². The van der Waals surface area contributed by atoms with E-state index in [1.807, 2.05) is 0 Å². The van der Waals surface area contributed by atoms with Crippen LogP contribution in [0.1, 0.15) is 57.7 Å². The fourth-order valence-corrected chi connectivity index (χ4v) is 2.08. The molecule has 0 aliphatic carbocycles. The predicted molar refractivity (Wildman–Crippen MR) is 87.5 cm³/mol. The molecular formula is C18H31NO. The van der Waals surface area contributed by atoms with E-state index in [1.54, 1.807) is 0 Å². The minimum absolute atomic E-state index is 0.146. The van der Waals surface area contributed by atoms with Gasteiger partial charge in [-0.25, -0.2) is 0 Å². The molecule has 1 atom stereocenters. The Hall–Kier alpha value is -1.02. The third-order valence-corrected chi connectivity index (χ3v) is 3.55. The van der Waals surface area contributed by atoms with Crippen LogP contribution in [0.15, 0.2) is 12.1 Å². The van der Waals surface area contributed by atoms with Gasteiger partial charge in [0.2, 0.25) is 0 Å². The highest BCUT2D eigenvalue weighted by atomic mass is 16.5.